The molecule has 8 aromatic carbocycles. The average molecular weight is 870 g/mol. The van der Waals surface area contributed by atoms with Crippen molar-refractivity contribution in [2.75, 3.05) is 9.80 Å². The topological polar surface area (TPSA) is 11.4 Å². The number of benzene rings is 8. The van der Waals surface area contributed by atoms with Crippen molar-refractivity contribution in [1.29, 1.82) is 0 Å². The lowest BCUT2D eigenvalue weighted by molar-refractivity contribution is -0.0418. The second-order valence-corrected chi connectivity index (χ2v) is 20.4. The van der Waals surface area contributed by atoms with Crippen molar-refractivity contribution in [3.8, 4) is 5.69 Å². The highest BCUT2D eigenvalue weighted by atomic mass is 15.1. The van der Waals surface area contributed by atoms with Gasteiger partial charge in [-0.3, -0.25) is 0 Å². The molecule has 3 heteroatoms. The number of anilines is 6. The Morgan fingerprint density at radius 1 is 0.373 bits per heavy atom. The molecule has 0 radical (unpaired) electrons. The minimum Gasteiger partial charge on any atom is -0.311 e. The Hall–Kier alpha value is -6.84. The first kappa shape index (κ1) is 40.4. The van der Waals surface area contributed by atoms with Crippen molar-refractivity contribution >= 4 is 55.9 Å². The fourth-order valence-electron chi connectivity index (χ4n) is 14.1. The Balaban J connectivity index is 0.926. The molecule has 0 unspecified atom stereocenters. The van der Waals surface area contributed by atoms with Gasteiger partial charge in [0.05, 0.1) is 11.0 Å². The SMILES string of the molecule is c1ccc(N(c2ccccc2)c2ccc(C3(c4ccc(N(c5ccc(C6CCCCC6)cc5)c5ccc6c(c5)c5ccccc5n6-c5ccccc5)cc4)C4CC5CC(C4)CC3C5)cc2)cc1. The van der Waals surface area contributed by atoms with E-state index in [1.807, 2.05) is 0 Å². The molecule has 5 aliphatic carbocycles. The van der Waals surface area contributed by atoms with Crippen LogP contribution in [0.1, 0.15) is 86.8 Å². The molecule has 4 bridgehead atoms. The predicted molar refractivity (Wildman–Crippen MR) is 280 cm³/mol. The molecule has 67 heavy (non-hydrogen) atoms. The van der Waals surface area contributed by atoms with Gasteiger partial charge in [-0.2, -0.15) is 0 Å². The molecule has 5 saturated carbocycles. The first-order chi connectivity index (χ1) is 33.2. The Labute approximate surface area is 396 Å². The Kier molecular flexibility index (Phi) is 10.1. The number of hydrogen-bond donors (Lipinski definition) is 0. The molecule has 0 saturated heterocycles. The zero-order chi connectivity index (χ0) is 44.3. The highest BCUT2D eigenvalue weighted by Crippen LogP contribution is 2.65. The largest absolute Gasteiger partial charge is 0.311 e. The van der Waals surface area contributed by atoms with E-state index in [9.17, 15) is 0 Å². The zero-order valence-corrected chi connectivity index (χ0v) is 38.4. The maximum absolute atomic E-state index is 2.54. The molecular weight excluding hydrogens is 811 g/mol. The molecule has 0 spiro atoms. The first-order valence-electron chi connectivity index (χ1n) is 25.3. The normalized spacial score (nSPS) is 22.3. The van der Waals surface area contributed by atoms with Crippen molar-refractivity contribution < 1.29 is 0 Å². The van der Waals surface area contributed by atoms with Gasteiger partial charge in [0.15, 0.2) is 0 Å². The first-order valence-corrected chi connectivity index (χ1v) is 25.3. The van der Waals surface area contributed by atoms with E-state index >= 15 is 0 Å². The summed E-state index contributed by atoms with van der Waals surface area (Å²) in [6, 6.07) is 77.9. The van der Waals surface area contributed by atoms with Crippen LogP contribution >= 0.6 is 0 Å². The van der Waals surface area contributed by atoms with Gasteiger partial charge < -0.3 is 14.4 Å². The van der Waals surface area contributed by atoms with Crippen LogP contribution in [0.5, 0.6) is 0 Å². The molecule has 0 amide bonds. The molecule has 14 rings (SSSR count). The van der Waals surface area contributed by atoms with E-state index in [0.29, 0.717) is 17.8 Å². The summed E-state index contributed by atoms with van der Waals surface area (Å²) in [6.07, 6.45) is 13.5. The summed E-state index contributed by atoms with van der Waals surface area (Å²) in [4.78, 5) is 4.91. The van der Waals surface area contributed by atoms with Gasteiger partial charge in [-0.05, 0) is 188 Å². The second kappa shape index (κ2) is 16.8. The number of nitrogens with zero attached hydrogens (tertiary/aromatic N) is 3. The summed E-state index contributed by atoms with van der Waals surface area (Å²) < 4.78 is 2.42. The fraction of sp³-hybridized carbons (Fsp3) is 0.250. The Morgan fingerprint density at radius 3 is 1.39 bits per heavy atom. The Morgan fingerprint density at radius 2 is 0.821 bits per heavy atom. The monoisotopic (exact) mass is 869 g/mol. The second-order valence-electron chi connectivity index (χ2n) is 20.4. The molecule has 3 nitrogen and oxygen atoms in total. The van der Waals surface area contributed by atoms with Crippen LogP contribution in [0.15, 0.2) is 206 Å². The standard InChI is InChI=1S/C64H59N3/c1-5-15-47(16-6-1)48-25-31-56(32-26-48)66(59-37-38-63-61(44-59)60-23-13-14-24-62(60)67(63)55-21-11-4-12-22-55)58-35-29-50(30-36-58)64(51-40-45-39-46(42-51)43-52(64)41-45)49-27-33-57(34-28-49)65(53-17-7-2-8-18-53)54-19-9-3-10-20-54/h2-4,7-14,17-38,44-47,51-52H,1,5-6,15-16,39-43H2. The van der Waals surface area contributed by atoms with E-state index in [1.54, 1.807) is 0 Å². The third kappa shape index (κ3) is 6.92. The summed E-state index contributed by atoms with van der Waals surface area (Å²) in [6.45, 7) is 0. The van der Waals surface area contributed by atoms with Crippen LogP contribution in [-0.2, 0) is 5.41 Å². The van der Waals surface area contributed by atoms with Crippen LogP contribution in [0.2, 0.25) is 0 Å². The van der Waals surface area contributed by atoms with E-state index in [4.69, 9.17) is 0 Å². The maximum atomic E-state index is 2.54. The third-order valence-corrected chi connectivity index (χ3v) is 16.8. The van der Waals surface area contributed by atoms with E-state index in [1.165, 1.54) is 143 Å². The fourth-order valence-corrected chi connectivity index (χ4v) is 14.1. The minimum atomic E-state index is -0.0144. The molecule has 0 aliphatic heterocycles. The van der Waals surface area contributed by atoms with Crippen LogP contribution in [0.3, 0.4) is 0 Å². The number of hydrogen-bond acceptors (Lipinski definition) is 2. The van der Waals surface area contributed by atoms with Gasteiger partial charge in [-0.25, -0.2) is 0 Å². The van der Waals surface area contributed by atoms with E-state index in [2.05, 4.69) is 221 Å². The van der Waals surface area contributed by atoms with Crippen LogP contribution in [0, 0.1) is 23.7 Å². The summed E-state index contributed by atoms with van der Waals surface area (Å²) in [5.74, 6) is 3.70. The smallest absolute Gasteiger partial charge is 0.0542 e. The lowest BCUT2D eigenvalue weighted by atomic mass is 9.42. The molecule has 1 aromatic heterocycles. The lowest BCUT2D eigenvalue weighted by Crippen LogP contribution is -2.56. The summed E-state index contributed by atoms with van der Waals surface area (Å²) in [5.41, 5.74) is 15.3. The van der Waals surface area contributed by atoms with E-state index < -0.39 is 0 Å². The predicted octanol–water partition coefficient (Wildman–Crippen LogP) is 17.5. The van der Waals surface area contributed by atoms with Gasteiger partial charge in [-0.15, -0.1) is 0 Å². The third-order valence-electron chi connectivity index (χ3n) is 16.8. The van der Waals surface area contributed by atoms with E-state index in [-0.39, 0.29) is 5.41 Å². The van der Waals surface area contributed by atoms with Crippen molar-refractivity contribution in [3.05, 3.63) is 223 Å². The number of para-hydroxylation sites is 4. The molecule has 1 heterocycles. The van der Waals surface area contributed by atoms with Crippen molar-refractivity contribution in [1.82, 2.24) is 4.57 Å². The highest BCUT2D eigenvalue weighted by Gasteiger charge is 2.58. The van der Waals surface area contributed by atoms with Crippen LogP contribution < -0.4 is 9.80 Å². The van der Waals surface area contributed by atoms with Gasteiger partial charge in [0.1, 0.15) is 0 Å². The Bertz CT molecular complexity index is 3080. The van der Waals surface area contributed by atoms with Gasteiger partial charge >= 0.3 is 0 Å². The minimum absolute atomic E-state index is 0.0144. The molecule has 0 atom stereocenters. The molecule has 9 aromatic rings. The van der Waals surface area contributed by atoms with Gasteiger partial charge in [0.2, 0.25) is 0 Å². The molecule has 5 fully saturated rings. The summed E-state index contributed by atoms with van der Waals surface area (Å²) in [5, 5.41) is 2.54. The van der Waals surface area contributed by atoms with Gasteiger partial charge in [-0.1, -0.05) is 128 Å². The van der Waals surface area contributed by atoms with E-state index in [0.717, 1.165) is 11.8 Å². The van der Waals surface area contributed by atoms with Crippen molar-refractivity contribution in [3.63, 3.8) is 0 Å². The maximum Gasteiger partial charge on any atom is 0.0542 e. The summed E-state index contributed by atoms with van der Waals surface area (Å²) >= 11 is 0. The van der Waals surface area contributed by atoms with Crippen LogP contribution in [0.4, 0.5) is 34.1 Å². The molecule has 5 aliphatic rings. The lowest BCUT2D eigenvalue weighted by Gasteiger charge is -2.62. The molecule has 0 N–H and O–H groups in total. The number of aromatic nitrogens is 1. The van der Waals surface area contributed by atoms with Crippen molar-refractivity contribution in [2.45, 2.75) is 75.5 Å². The zero-order valence-electron chi connectivity index (χ0n) is 38.4. The number of fused-ring (bicyclic) bond motifs is 3. The average Bonchev–Trinajstić information content (AvgIpc) is 3.72. The molecule has 330 valence electrons. The van der Waals surface area contributed by atoms with Crippen LogP contribution in [0.25, 0.3) is 27.5 Å². The van der Waals surface area contributed by atoms with Crippen LogP contribution in [-0.4, -0.2) is 4.57 Å². The quantitative estimate of drug-likeness (QED) is 0.136. The number of rotatable bonds is 10. The molecular formula is C64H59N3. The summed E-state index contributed by atoms with van der Waals surface area (Å²) in [7, 11) is 0. The highest BCUT2D eigenvalue weighted by molar-refractivity contribution is 6.10. The van der Waals surface area contributed by atoms with Crippen molar-refractivity contribution in [2.24, 2.45) is 23.7 Å². The van der Waals surface area contributed by atoms with Gasteiger partial charge in [0.25, 0.3) is 0 Å². The van der Waals surface area contributed by atoms with Gasteiger partial charge in [0, 0.05) is 56.0 Å².